The molecule has 0 radical (unpaired) electrons. The summed E-state index contributed by atoms with van der Waals surface area (Å²) >= 11 is 0. The van der Waals surface area contributed by atoms with Gasteiger partial charge in [-0.2, -0.15) is 0 Å². The molecule has 3 nitrogen and oxygen atoms in total. The van der Waals surface area contributed by atoms with Crippen LogP contribution < -0.4 is 0 Å². The Morgan fingerprint density at radius 2 is 1.54 bits per heavy atom. The molecule has 0 heterocycles. The molecule has 1 saturated carbocycles. The second-order valence-electron chi connectivity index (χ2n) is 6.76. The number of rotatable bonds is 7. The van der Waals surface area contributed by atoms with Gasteiger partial charge >= 0.3 is 0 Å². The van der Waals surface area contributed by atoms with Gasteiger partial charge in [0.05, 0.1) is 6.10 Å². The van der Waals surface area contributed by atoms with Crippen molar-refractivity contribution in [2.75, 3.05) is 13.6 Å². The minimum atomic E-state index is -0.383. The van der Waals surface area contributed by atoms with Gasteiger partial charge in [-0.05, 0) is 29.9 Å². The fourth-order valence-corrected chi connectivity index (χ4v) is 3.14. The zero-order valence-electron chi connectivity index (χ0n) is 14.1. The number of nitrogens with zero attached hydrogens (tertiary/aromatic N) is 1. The molecule has 2 aromatic rings. The summed E-state index contributed by atoms with van der Waals surface area (Å²) in [5.74, 6) is 0.507. The highest BCUT2D eigenvalue weighted by atomic mass is 16.3. The van der Waals surface area contributed by atoms with Gasteiger partial charge in [-0.1, -0.05) is 60.7 Å². The van der Waals surface area contributed by atoms with Crippen molar-refractivity contribution in [1.29, 1.82) is 0 Å². The van der Waals surface area contributed by atoms with Gasteiger partial charge in [-0.3, -0.25) is 4.79 Å². The van der Waals surface area contributed by atoms with E-state index in [-0.39, 0.29) is 17.9 Å². The van der Waals surface area contributed by atoms with Gasteiger partial charge in [-0.15, -0.1) is 0 Å². The Hall–Kier alpha value is -2.13. The van der Waals surface area contributed by atoms with Crippen molar-refractivity contribution >= 4 is 5.91 Å². The molecule has 3 rings (SSSR count). The molecule has 3 heteroatoms. The molecule has 1 aliphatic carbocycles. The Bertz CT molecular complexity index is 613. The molecule has 0 saturated heterocycles. The highest BCUT2D eigenvalue weighted by Crippen LogP contribution is 2.33. The Balaban J connectivity index is 1.72. The largest absolute Gasteiger partial charge is 0.391 e. The van der Waals surface area contributed by atoms with Crippen LogP contribution in [0, 0.1) is 5.92 Å². The Labute approximate surface area is 143 Å². The summed E-state index contributed by atoms with van der Waals surface area (Å²) in [7, 11) is 1.79. The van der Waals surface area contributed by atoms with Crippen molar-refractivity contribution in [1.82, 2.24) is 4.90 Å². The molecule has 1 amide bonds. The van der Waals surface area contributed by atoms with E-state index >= 15 is 0 Å². The molecule has 0 bridgehead atoms. The fourth-order valence-electron chi connectivity index (χ4n) is 3.14. The van der Waals surface area contributed by atoms with Crippen LogP contribution in [0.25, 0.3) is 0 Å². The first-order valence-corrected chi connectivity index (χ1v) is 8.67. The van der Waals surface area contributed by atoms with Crippen molar-refractivity contribution in [2.24, 2.45) is 5.92 Å². The van der Waals surface area contributed by atoms with Gasteiger partial charge in [0.25, 0.3) is 0 Å². The minimum Gasteiger partial charge on any atom is -0.391 e. The summed E-state index contributed by atoms with van der Waals surface area (Å²) in [6, 6.07) is 20.3. The molecule has 1 unspecified atom stereocenters. The summed E-state index contributed by atoms with van der Waals surface area (Å²) in [6.07, 6.45) is 2.20. The van der Waals surface area contributed by atoms with Gasteiger partial charge in [0.1, 0.15) is 0 Å². The van der Waals surface area contributed by atoms with Crippen LogP contribution in [0.5, 0.6) is 0 Å². The lowest BCUT2D eigenvalue weighted by Crippen LogP contribution is -2.36. The van der Waals surface area contributed by atoms with E-state index in [1.165, 1.54) is 0 Å². The molecule has 0 aliphatic heterocycles. The Kier molecular flexibility index (Phi) is 5.31. The number of amides is 1. The monoisotopic (exact) mass is 323 g/mol. The van der Waals surface area contributed by atoms with Gasteiger partial charge < -0.3 is 10.0 Å². The third kappa shape index (κ3) is 4.24. The zero-order valence-corrected chi connectivity index (χ0v) is 14.1. The first kappa shape index (κ1) is 16.7. The van der Waals surface area contributed by atoms with Crippen molar-refractivity contribution < 1.29 is 9.90 Å². The highest BCUT2D eigenvalue weighted by molar-refractivity contribution is 5.77. The lowest BCUT2D eigenvalue weighted by Gasteiger charge is -2.24. The van der Waals surface area contributed by atoms with Crippen LogP contribution in [0.15, 0.2) is 60.7 Å². The summed E-state index contributed by atoms with van der Waals surface area (Å²) in [4.78, 5) is 14.4. The van der Waals surface area contributed by atoms with Crippen LogP contribution in [0.2, 0.25) is 0 Å². The molecule has 1 aliphatic rings. The van der Waals surface area contributed by atoms with Crippen LogP contribution in [-0.4, -0.2) is 35.6 Å². The van der Waals surface area contributed by atoms with Crippen LogP contribution in [0.1, 0.15) is 36.3 Å². The van der Waals surface area contributed by atoms with E-state index < -0.39 is 0 Å². The maximum atomic E-state index is 12.7. The molecule has 2 aromatic carbocycles. The second-order valence-corrected chi connectivity index (χ2v) is 6.76. The second kappa shape index (κ2) is 7.63. The van der Waals surface area contributed by atoms with Crippen molar-refractivity contribution in [3.63, 3.8) is 0 Å². The molecule has 0 spiro atoms. The SMILES string of the molecule is CN(CC(O)C1CC1)C(=O)CC(c1ccccc1)c1ccccc1. The number of aliphatic hydroxyl groups excluding tert-OH is 1. The van der Waals surface area contributed by atoms with E-state index in [0.29, 0.717) is 18.9 Å². The lowest BCUT2D eigenvalue weighted by atomic mass is 9.88. The maximum Gasteiger partial charge on any atom is 0.223 e. The molecule has 1 atom stereocenters. The summed E-state index contributed by atoms with van der Waals surface area (Å²) in [6.45, 7) is 0.430. The average Bonchev–Trinajstić information content (AvgIpc) is 3.46. The van der Waals surface area contributed by atoms with Crippen LogP contribution in [0.3, 0.4) is 0 Å². The quantitative estimate of drug-likeness (QED) is 0.848. The van der Waals surface area contributed by atoms with Crippen LogP contribution in [-0.2, 0) is 4.79 Å². The number of hydrogen-bond donors (Lipinski definition) is 1. The first-order valence-electron chi connectivity index (χ1n) is 8.67. The molecular formula is C21H25NO2. The van der Waals surface area contributed by atoms with Crippen molar-refractivity contribution in [3.8, 4) is 0 Å². The van der Waals surface area contributed by atoms with E-state index in [2.05, 4.69) is 24.3 Å². The molecule has 0 aromatic heterocycles. The summed E-state index contributed by atoms with van der Waals surface area (Å²) in [5.41, 5.74) is 2.29. The summed E-state index contributed by atoms with van der Waals surface area (Å²) < 4.78 is 0. The predicted molar refractivity (Wildman–Crippen MR) is 95.7 cm³/mol. The van der Waals surface area contributed by atoms with E-state index in [0.717, 1.165) is 24.0 Å². The normalized spacial score (nSPS) is 15.3. The Morgan fingerprint density at radius 1 is 1.04 bits per heavy atom. The van der Waals surface area contributed by atoms with Gasteiger partial charge in [0.15, 0.2) is 0 Å². The summed E-state index contributed by atoms with van der Waals surface area (Å²) in [5, 5.41) is 10.1. The number of carbonyl (C=O) groups excluding carboxylic acids is 1. The number of hydrogen-bond acceptors (Lipinski definition) is 2. The van der Waals surface area contributed by atoms with Crippen molar-refractivity contribution in [3.05, 3.63) is 71.8 Å². The third-order valence-corrected chi connectivity index (χ3v) is 4.84. The Morgan fingerprint density at radius 3 is 2.00 bits per heavy atom. The van der Waals surface area contributed by atoms with Crippen LogP contribution >= 0.6 is 0 Å². The van der Waals surface area contributed by atoms with E-state index in [4.69, 9.17) is 0 Å². The number of likely N-dealkylation sites (N-methyl/N-ethyl adjacent to an activating group) is 1. The zero-order chi connectivity index (χ0) is 16.9. The highest BCUT2D eigenvalue weighted by Gasteiger charge is 2.31. The molecule has 1 fully saturated rings. The number of aliphatic hydroxyl groups is 1. The topological polar surface area (TPSA) is 40.5 Å². The van der Waals surface area contributed by atoms with Gasteiger partial charge in [0, 0.05) is 25.9 Å². The van der Waals surface area contributed by atoms with Gasteiger partial charge in [-0.25, -0.2) is 0 Å². The molecular weight excluding hydrogens is 298 g/mol. The maximum absolute atomic E-state index is 12.7. The smallest absolute Gasteiger partial charge is 0.223 e. The fraction of sp³-hybridized carbons (Fsp3) is 0.381. The van der Waals surface area contributed by atoms with Crippen molar-refractivity contribution in [2.45, 2.75) is 31.3 Å². The van der Waals surface area contributed by atoms with E-state index in [1.54, 1.807) is 11.9 Å². The predicted octanol–water partition coefficient (Wildman–Crippen LogP) is 3.44. The standard InChI is InChI=1S/C21H25NO2/c1-22(15-20(23)18-12-13-18)21(24)14-19(16-8-4-2-5-9-16)17-10-6-3-7-11-17/h2-11,18-20,23H,12-15H2,1H3. The molecule has 126 valence electrons. The molecule has 24 heavy (non-hydrogen) atoms. The third-order valence-electron chi connectivity index (χ3n) is 4.84. The number of carbonyl (C=O) groups is 1. The molecule has 1 N–H and O–H groups in total. The minimum absolute atomic E-state index is 0.0421. The number of benzene rings is 2. The van der Waals surface area contributed by atoms with E-state index in [1.807, 2.05) is 36.4 Å². The first-order chi connectivity index (χ1) is 11.6. The lowest BCUT2D eigenvalue weighted by molar-refractivity contribution is -0.131. The average molecular weight is 323 g/mol. The van der Waals surface area contributed by atoms with Gasteiger partial charge in [0.2, 0.25) is 5.91 Å². The van der Waals surface area contributed by atoms with E-state index in [9.17, 15) is 9.90 Å². The van der Waals surface area contributed by atoms with Crippen LogP contribution in [0.4, 0.5) is 0 Å².